The molecule has 0 N–H and O–H groups in total. The van der Waals surface area contributed by atoms with Gasteiger partial charge in [0.05, 0.1) is 18.7 Å². The van der Waals surface area contributed by atoms with Crippen molar-refractivity contribution >= 4 is 34.1 Å². The van der Waals surface area contributed by atoms with E-state index in [4.69, 9.17) is 27.9 Å². The Morgan fingerprint density at radius 2 is 1.65 bits per heavy atom. The molecule has 0 unspecified atom stereocenters. The molecule has 2 aromatic heterocycles. The maximum Gasteiger partial charge on any atom is 0.0594 e. The third-order valence-corrected chi connectivity index (χ3v) is 6.28. The Morgan fingerprint density at radius 3 is 2.48 bits per heavy atom. The van der Waals surface area contributed by atoms with Gasteiger partial charge in [0.25, 0.3) is 0 Å². The minimum absolute atomic E-state index is 0.720. The number of fused-ring (bicyclic) bond motifs is 1. The smallest absolute Gasteiger partial charge is 0.0594 e. The molecule has 6 heteroatoms. The molecule has 0 spiro atoms. The summed E-state index contributed by atoms with van der Waals surface area (Å²) >= 11 is 12.5. The third kappa shape index (κ3) is 4.48. The summed E-state index contributed by atoms with van der Waals surface area (Å²) in [5.74, 6) is 0. The van der Waals surface area contributed by atoms with Gasteiger partial charge in [-0.2, -0.15) is 0 Å². The fourth-order valence-electron chi connectivity index (χ4n) is 4.17. The number of morpholine rings is 1. The van der Waals surface area contributed by atoms with Crippen LogP contribution in [0.4, 0.5) is 0 Å². The van der Waals surface area contributed by atoms with Crippen LogP contribution < -0.4 is 0 Å². The molecular formula is C25H23Cl2N3O. The van der Waals surface area contributed by atoms with E-state index in [-0.39, 0.29) is 0 Å². The Kier molecular flexibility index (Phi) is 5.97. The van der Waals surface area contributed by atoms with Gasteiger partial charge in [-0.1, -0.05) is 41.4 Å². The van der Waals surface area contributed by atoms with E-state index in [2.05, 4.69) is 38.8 Å². The predicted molar refractivity (Wildman–Crippen MR) is 128 cm³/mol. The number of nitrogens with zero attached hydrogens (tertiary/aromatic N) is 3. The van der Waals surface area contributed by atoms with Crippen molar-refractivity contribution in [2.24, 2.45) is 0 Å². The summed E-state index contributed by atoms with van der Waals surface area (Å²) < 4.78 is 7.78. The highest BCUT2D eigenvalue weighted by molar-refractivity contribution is 6.31. The normalized spacial score (nSPS) is 14.9. The highest BCUT2D eigenvalue weighted by Crippen LogP contribution is 2.34. The Bertz CT molecular complexity index is 1210. The number of rotatable bonds is 5. The average Bonchev–Trinajstić information content (AvgIpc) is 3.16. The first kappa shape index (κ1) is 20.5. The quantitative estimate of drug-likeness (QED) is 0.372. The van der Waals surface area contributed by atoms with Gasteiger partial charge in [0.2, 0.25) is 0 Å². The van der Waals surface area contributed by atoms with E-state index in [1.54, 1.807) is 0 Å². The zero-order chi connectivity index (χ0) is 21.2. The van der Waals surface area contributed by atoms with E-state index in [0.29, 0.717) is 0 Å². The lowest BCUT2D eigenvalue weighted by atomic mass is 10.0. The lowest BCUT2D eigenvalue weighted by Crippen LogP contribution is -2.38. The molecule has 5 rings (SSSR count). The molecule has 1 aliphatic rings. The van der Waals surface area contributed by atoms with E-state index in [1.807, 2.05) is 42.7 Å². The molecule has 3 heterocycles. The number of benzene rings is 2. The van der Waals surface area contributed by atoms with Crippen LogP contribution in [-0.4, -0.2) is 47.3 Å². The predicted octanol–water partition coefficient (Wildman–Crippen LogP) is 6.01. The second kappa shape index (κ2) is 9.01. The van der Waals surface area contributed by atoms with Crippen LogP contribution in [0.5, 0.6) is 0 Å². The first-order valence-corrected chi connectivity index (χ1v) is 11.2. The van der Waals surface area contributed by atoms with Gasteiger partial charge < -0.3 is 9.30 Å². The van der Waals surface area contributed by atoms with E-state index < -0.39 is 0 Å². The Morgan fingerprint density at radius 1 is 0.839 bits per heavy atom. The summed E-state index contributed by atoms with van der Waals surface area (Å²) in [6, 6.07) is 16.1. The SMILES string of the molecule is Clc1cccc(-c2cncc(-c3cn(CCN4CCOCC4)c4cc(Cl)ccc34)c2)c1. The van der Waals surface area contributed by atoms with Crippen LogP contribution in [0, 0.1) is 0 Å². The van der Waals surface area contributed by atoms with Gasteiger partial charge in [0.1, 0.15) is 0 Å². The second-order valence-electron chi connectivity index (χ2n) is 7.82. The number of aromatic nitrogens is 2. The molecule has 0 saturated carbocycles. The molecule has 0 atom stereocenters. The van der Waals surface area contributed by atoms with Crippen molar-refractivity contribution in [3.8, 4) is 22.3 Å². The van der Waals surface area contributed by atoms with Crippen molar-refractivity contribution in [1.29, 1.82) is 0 Å². The van der Waals surface area contributed by atoms with Gasteiger partial charge in [-0.3, -0.25) is 9.88 Å². The zero-order valence-corrected chi connectivity index (χ0v) is 18.6. The molecule has 0 aliphatic carbocycles. The van der Waals surface area contributed by atoms with Crippen LogP contribution in [0.1, 0.15) is 0 Å². The fourth-order valence-corrected chi connectivity index (χ4v) is 4.52. The van der Waals surface area contributed by atoms with Crippen molar-refractivity contribution in [3.63, 3.8) is 0 Å². The molecule has 4 aromatic rings. The third-order valence-electron chi connectivity index (χ3n) is 5.81. The Balaban J connectivity index is 1.52. The van der Waals surface area contributed by atoms with Crippen LogP contribution in [0.3, 0.4) is 0 Å². The summed E-state index contributed by atoms with van der Waals surface area (Å²) in [6.45, 7) is 5.48. The molecule has 0 amide bonds. The standard InChI is InChI=1S/C25H23Cl2N3O/c26-21-3-1-2-18(13-21)19-12-20(16-28-15-19)24-17-30(7-6-29-8-10-31-11-9-29)25-14-22(27)4-5-23(24)25/h1-5,12-17H,6-11H2. The lowest BCUT2D eigenvalue weighted by molar-refractivity contribution is 0.0365. The molecule has 158 valence electrons. The Labute approximate surface area is 192 Å². The van der Waals surface area contributed by atoms with Gasteiger partial charge >= 0.3 is 0 Å². The van der Waals surface area contributed by atoms with E-state index in [0.717, 1.165) is 77.2 Å². The van der Waals surface area contributed by atoms with E-state index >= 15 is 0 Å². The van der Waals surface area contributed by atoms with Crippen LogP contribution in [0.2, 0.25) is 10.0 Å². The van der Waals surface area contributed by atoms with Crippen LogP contribution in [-0.2, 0) is 11.3 Å². The minimum Gasteiger partial charge on any atom is -0.379 e. The first-order valence-electron chi connectivity index (χ1n) is 10.5. The summed E-state index contributed by atoms with van der Waals surface area (Å²) in [6.07, 6.45) is 6.02. The van der Waals surface area contributed by atoms with Crippen molar-refractivity contribution in [2.75, 3.05) is 32.8 Å². The second-order valence-corrected chi connectivity index (χ2v) is 8.70. The van der Waals surface area contributed by atoms with Crippen LogP contribution >= 0.6 is 23.2 Å². The first-order chi connectivity index (χ1) is 15.2. The highest BCUT2D eigenvalue weighted by Gasteiger charge is 2.15. The maximum atomic E-state index is 6.35. The van der Waals surface area contributed by atoms with Gasteiger partial charge in [-0.15, -0.1) is 0 Å². The summed E-state index contributed by atoms with van der Waals surface area (Å²) in [7, 11) is 0. The number of hydrogen-bond donors (Lipinski definition) is 0. The molecule has 1 fully saturated rings. The number of pyridine rings is 1. The minimum atomic E-state index is 0.720. The van der Waals surface area contributed by atoms with Crippen LogP contribution in [0.25, 0.3) is 33.2 Å². The molecule has 31 heavy (non-hydrogen) atoms. The van der Waals surface area contributed by atoms with Crippen molar-refractivity contribution in [2.45, 2.75) is 6.54 Å². The Hall–Kier alpha value is -2.37. The molecule has 1 aliphatic heterocycles. The van der Waals surface area contributed by atoms with E-state index in [1.165, 1.54) is 5.39 Å². The largest absolute Gasteiger partial charge is 0.379 e. The number of hydrogen-bond acceptors (Lipinski definition) is 3. The highest BCUT2D eigenvalue weighted by atomic mass is 35.5. The molecule has 2 aromatic carbocycles. The topological polar surface area (TPSA) is 30.3 Å². The van der Waals surface area contributed by atoms with Crippen molar-refractivity contribution < 1.29 is 4.74 Å². The summed E-state index contributed by atoms with van der Waals surface area (Å²) in [4.78, 5) is 6.96. The molecule has 0 radical (unpaired) electrons. The maximum absolute atomic E-state index is 6.35. The lowest BCUT2D eigenvalue weighted by Gasteiger charge is -2.26. The number of ether oxygens (including phenoxy) is 1. The van der Waals surface area contributed by atoms with Gasteiger partial charge in [-0.05, 0) is 35.9 Å². The molecule has 0 bridgehead atoms. The van der Waals surface area contributed by atoms with Gasteiger partial charge in [0.15, 0.2) is 0 Å². The average molecular weight is 452 g/mol. The van der Waals surface area contributed by atoms with E-state index in [9.17, 15) is 0 Å². The van der Waals surface area contributed by atoms with Crippen molar-refractivity contribution in [3.05, 3.63) is 77.2 Å². The van der Waals surface area contributed by atoms with Crippen LogP contribution in [0.15, 0.2) is 67.1 Å². The van der Waals surface area contributed by atoms with Gasteiger partial charge in [-0.25, -0.2) is 0 Å². The number of halogens is 2. The molecule has 4 nitrogen and oxygen atoms in total. The summed E-state index contributed by atoms with van der Waals surface area (Å²) in [5.41, 5.74) is 5.48. The summed E-state index contributed by atoms with van der Waals surface area (Å²) in [5, 5.41) is 2.64. The zero-order valence-electron chi connectivity index (χ0n) is 17.1. The molecular weight excluding hydrogens is 429 g/mol. The fraction of sp³-hybridized carbons (Fsp3) is 0.240. The monoisotopic (exact) mass is 451 g/mol. The molecule has 1 saturated heterocycles. The van der Waals surface area contributed by atoms with Crippen molar-refractivity contribution in [1.82, 2.24) is 14.5 Å². The van der Waals surface area contributed by atoms with Gasteiger partial charge in [0, 0.05) is 76.9 Å².